The predicted octanol–water partition coefficient (Wildman–Crippen LogP) is 4.06. The molecule has 6 heteroatoms. The average molecular weight is 329 g/mol. The fourth-order valence-electron chi connectivity index (χ4n) is 2.25. The largest absolute Gasteiger partial charge is 0.494 e. The Balaban J connectivity index is 1.91. The summed E-state index contributed by atoms with van der Waals surface area (Å²) in [7, 11) is 1.33. The number of hydrogen-bond donors (Lipinski definition) is 2. The van der Waals surface area contributed by atoms with Crippen molar-refractivity contribution in [3.8, 4) is 5.88 Å². The van der Waals surface area contributed by atoms with Gasteiger partial charge in [-0.25, -0.2) is 4.79 Å². The van der Waals surface area contributed by atoms with Crippen molar-refractivity contribution < 1.29 is 14.6 Å². The van der Waals surface area contributed by atoms with E-state index in [-0.39, 0.29) is 5.88 Å². The van der Waals surface area contributed by atoms with Crippen molar-refractivity contribution in [2.24, 2.45) is 4.99 Å². The van der Waals surface area contributed by atoms with Crippen molar-refractivity contribution in [2.45, 2.75) is 0 Å². The molecule has 0 spiro atoms. The summed E-state index contributed by atoms with van der Waals surface area (Å²) in [6, 6.07) is 12.0. The lowest BCUT2D eigenvalue weighted by molar-refractivity contribution is 0.0601. The number of methoxy groups -OCH3 is 1. The molecule has 116 valence electrons. The molecule has 0 bridgehead atoms. The summed E-state index contributed by atoms with van der Waals surface area (Å²) in [5, 5.41) is 11.4. The lowest BCUT2D eigenvalue weighted by Crippen LogP contribution is -1.99. The fourth-order valence-corrected chi connectivity index (χ4v) is 2.42. The standard InChI is InChI=1S/C17H13ClN2O3/c1-23-17(22)10-2-5-12(6-3-10)19-9-14-13-7-4-11(18)8-15(13)20-16(14)21/h2-9,20-21H,1H3. The van der Waals surface area contributed by atoms with Gasteiger partial charge in [-0.3, -0.25) is 4.99 Å². The smallest absolute Gasteiger partial charge is 0.337 e. The van der Waals surface area contributed by atoms with E-state index >= 15 is 0 Å². The fraction of sp³-hybridized carbons (Fsp3) is 0.0588. The average Bonchev–Trinajstić information content (AvgIpc) is 2.87. The summed E-state index contributed by atoms with van der Waals surface area (Å²) in [5.74, 6) is -0.371. The number of carbonyl (C=O) groups excluding carboxylic acids is 1. The van der Waals surface area contributed by atoms with Gasteiger partial charge in [0, 0.05) is 16.6 Å². The van der Waals surface area contributed by atoms with E-state index in [1.165, 1.54) is 7.11 Å². The minimum absolute atomic E-state index is 0.0252. The van der Waals surface area contributed by atoms with Gasteiger partial charge in [0.05, 0.1) is 29.4 Å². The number of aromatic amines is 1. The van der Waals surface area contributed by atoms with Crippen LogP contribution < -0.4 is 0 Å². The molecule has 2 N–H and O–H groups in total. The Hall–Kier alpha value is -2.79. The molecule has 0 saturated heterocycles. The molecule has 0 aliphatic heterocycles. The molecule has 3 aromatic rings. The van der Waals surface area contributed by atoms with Crippen LogP contribution in [0.3, 0.4) is 0 Å². The van der Waals surface area contributed by atoms with Gasteiger partial charge in [-0.05, 0) is 36.4 Å². The van der Waals surface area contributed by atoms with Crippen LogP contribution in [0.5, 0.6) is 5.88 Å². The summed E-state index contributed by atoms with van der Waals surface area (Å²) < 4.78 is 4.64. The number of nitrogens with one attached hydrogen (secondary N) is 1. The molecule has 2 aromatic carbocycles. The van der Waals surface area contributed by atoms with Gasteiger partial charge < -0.3 is 14.8 Å². The van der Waals surface area contributed by atoms with Crippen LogP contribution in [0.4, 0.5) is 5.69 Å². The van der Waals surface area contributed by atoms with E-state index in [0.717, 1.165) is 10.9 Å². The normalized spacial score (nSPS) is 11.2. The Morgan fingerprint density at radius 3 is 2.70 bits per heavy atom. The quantitative estimate of drug-likeness (QED) is 0.562. The molecule has 0 amide bonds. The molecule has 0 fully saturated rings. The van der Waals surface area contributed by atoms with Crippen LogP contribution in [0.2, 0.25) is 5.02 Å². The molecule has 0 saturated carbocycles. The third-order valence-electron chi connectivity index (χ3n) is 3.41. The Morgan fingerprint density at radius 1 is 1.26 bits per heavy atom. The second kappa shape index (κ2) is 6.14. The number of aromatic hydroxyl groups is 1. The third kappa shape index (κ3) is 3.05. The van der Waals surface area contributed by atoms with Gasteiger partial charge in [0.1, 0.15) is 0 Å². The van der Waals surface area contributed by atoms with E-state index in [4.69, 9.17) is 11.6 Å². The second-order valence-electron chi connectivity index (χ2n) is 4.87. The minimum atomic E-state index is -0.397. The number of rotatable bonds is 3. The van der Waals surface area contributed by atoms with Crippen LogP contribution in [0.15, 0.2) is 47.5 Å². The number of fused-ring (bicyclic) bond motifs is 1. The van der Waals surface area contributed by atoms with Crippen LogP contribution in [0.25, 0.3) is 10.9 Å². The monoisotopic (exact) mass is 328 g/mol. The van der Waals surface area contributed by atoms with Gasteiger partial charge >= 0.3 is 5.97 Å². The first-order chi connectivity index (χ1) is 11.1. The molecular formula is C17H13ClN2O3. The Morgan fingerprint density at radius 2 is 2.00 bits per heavy atom. The molecule has 0 aliphatic rings. The first-order valence-electron chi connectivity index (χ1n) is 6.81. The maximum atomic E-state index is 11.4. The summed E-state index contributed by atoms with van der Waals surface area (Å²) in [6.07, 6.45) is 1.56. The molecule has 1 heterocycles. The van der Waals surface area contributed by atoms with Crippen LogP contribution in [0.1, 0.15) is 15.9 Å². The van der Waals surface area contributed by atoms with Crippen molar-refractivity contribution in [1.82, 2.24) is 4.98 Å². The van der Waals surface area contributed by atoms with Crippen LogP contribution >= 0.6 is 11.6 Å². The summed E-state index contributed by atoms with van der Waals surface area (Å²) >= 11 is 5.93. The molecule has 0 aliphatic carbocycles. The number of benzene rings is 2. The van der Waals surface area contributed by atoms with Crippen LogP contribution in [-0.2, 0) is 4.74 Å². The van der Waals surface area contributed by atoms with Crippen molar-refractivity contribution in [3.05, 3.63) is 58.6 Å². The van der Waals surface area contributed by atoms with E-state index < -0.39 is 5.97 Å². The second-order valence-corrected chi connectivity index (χ2v) is 5.31. The molecule has 0 radical (unpaired) electrons. The highest BCUT2D eigenvalue weighted by Gasteiger charge is 2.09. The van der Waals surface area contributed by atoms with E-state index in [2.05, 4.69) is 14.7 Å². The highest BCUT2D eigenvalue weighted by atomic mass is 35.5. The molecule has 1 aromatic heterocycles. The molecule has 23 heavy (non-hydrogen) atoms. The minimum Gasteiger partial charge on any atom is -0.494 e. The summed E-state index contributed by atoms with van der Waals surface area (Å²) in [5.41, 5.74) is 2.42. The predicted molar refractivity (Wildman–Crippen MR) is 90.0 cm³/mol. The molecule has 5 nitrogen and oxygen atoms in total. The van der Waals surface area contributed by atoms with Crippen molar-refractivity contribution >= 4 is 40.4 Å². The lowest BCUT2D eigenvalue weighted by Gasteiger charge is -1.99. The highest BCUT2D eigenvalue weighted by Crippen LogP contribution is 2.28. The number of carbonyl (C=O) groups is 1. The van der Waals surface area contributed by atoms with E-state index in [1.807, 2.05) is 6.07 Å². The van der Waals surface area contributed by atoms with Gasteiger partial charge in [0.2, 0.25) is 0 Å². The Kier molecular flexibility index (Phi) is 4.04. The number of H-pyrrole nitrogens is 1. The summed E-state index contributed by atoms with van der Waals surface area (Å²) in [4.78, 5) is 18.6. The van der Waals surface area contributed by atoms with Crippen LogP contribution in [-0.4, -0.2) is 29.4 Å². The number of esters is 1. The van der Waals surface area contributed by atoms with Gasteiger partial charge in [-0.15, -0.1) is 0 Å². The van der Waals surface area contributed by atoms with E-state index in [9.17, 15) is 9.90 Å². The number of halogens is 1. The SMILES string of the molecule is COC(=O)c1ccc(N=Cc2c(O)[nH]c3cc(Cl)ccc23)cc1. The van der Waals surface area contributed by atoms with E-state index in [1.54, 1.807) is 42.6 Å². The number of aromatic nitrogens is 1. The lowest BCUT2D eigenvalue weighted by atomic mass is 10.2. The van der Waals surface area contributed by atoms with Crippen molar-refractivity contribution in [1.29, 1.82) is 0 Å². The number of ether oxygens (including phenoxy) is 1. The van der Waals surface area contributed by atoms with Crippen molar-refractivity contribution in [2.75, 3.05) is 7.11 Å². The zero-order valence-corrected chi connectivity index (χ0v) is 13.0. The van der Waals surface area contributed by atoms with Gasteiger partial charge in [0.15, 0.2) is 5.88 Å². The van der Waals surface area contributed by atoms with Gasteiger partial charge in [0.25, 0.3) is 0 Å². The van der Waals surface area contributed by atoms with Gasteiger partial charge in [-0.1, -0.05) is 17.7 Å². The zero-order valence-electron chi connectivity index (χ0n) is 12.2. The highest BCUT2D eigenvalue weighted by molar-refractivity contribution is 6.31. The maximum absolute atomic E-state index is 11.4. The summed E-state index contributed by atoms with van der Waals surface area (Å²) in [6.45, 7) is 0. The molecule has 3 rings (SSSR count). The van der Waals surface area contributed by atoms with Gasteiger partial charge in [-0.2, -0.15) is 0 Å². The zero-order chi connectivity index (χ0) is 16.4. The molecule has 0 unspecified atom stereocenters. The number of aliphatic imine (C=N–C) groups is 1. The maximum Gasteiger partial charge on any atom is 0.337 e. The van der Waals surface area contributed by atoms with Crippen molar-refractivity contribution in [3.63, 3.8) is 0 Å². The topological polar surface area (TPSA) is 74.7 Å². The van der Waals surface area contributed by atoms with E-state index in [0.29, 0.717) is 21.8 Å². The first kappa shape index (κ1) is 15.1. The third-order valence-corrected chi connectivity index (χ3v) is 3.65. The number of hydrogen-bond acceptors (Lipinski definition) is 4. The molecule has 0 atom stereocenters. The Bertz CT molecular complexity index is 898. The Labute approximate surface area is 137 Å². The first-order valence-corrected chi connectivity index (χ1v) is 7.19. The number of nitrogens with zero attached hydrogens (tertiary/aromatic N) is 1. The van der Waals surface area contributed by atoms with Crippen LogP contribution in [0, 0.1) is 0 Å². The molecular weight excluding hydrogens is 316 g/mol.